The molecule has 0 aliphatic carbocycles. The number of hydrogen-bond donors (Lipinski definition) is 6. The maximum absolute atomic E-state index is 12.8. The highest BCUT2D eigenvalue weighted by Gasteiger charge is 2.44. The Hall–Kier alpha value is -0.810. The Kier molecular flexibility index (Phi) is 42.1. The zero-order chi connectivity index (χ0) is 45.1. The Morgan fingerprint density at radius 3 is 1.15 bits per heavy atom. The summed E-state index contributed by atoms with van der Waals surface area (Å²) >= 11 is 0. The molecule has 1 fully saturated rings. The van der Waals surface area contributed by atoms with Crippen LogP contribution in [0.5, 0.6) is 0 Å². The van der Waals surface area contributed by atoms with E-state index in [0.29, 0.717) is 12.8 Å². The summed E-state index contributed by atoms with van der Waals surface area (Å²) in [4.78, 5) is 12.8. The Balaban J connectivity index is 1.88. The molecule has 62 heavy (non-hydrogen) atoms. The van der Waals surface area contributed by atoms with Crippen molar-refractivity contribution in [2.45, 2.75) is 320 Å². The number of aliphatic hydroxyl groups excluding tert-OH is 5. The molecule has 1 saturated heterocycles. The van der Waals surface area contributed by atoms with Crippen molar-refractivity contribution in [1.82, 2.24) is 5.32 Å². The van der Waals surface area contributed by atoms with Gasteiger partial charge in [0.2, 0.25) is 5.91 Å². The summed E-state index contributed by atoms with van der Waals surface area (Å²) in [7, 11) is 0. The normalized spacial score (nSPS) is 20.1. The van der Waals surface area contributed by atoms with Gasteiger partial charge in [-0.25, -0.2) is 0 Å². The molecule has 1 heterocycles. The van der Waals surface area contributed by atoms with E-state index in [1.54, 1.807) is 0 Å². The van der Waals surface area contributed by atoms with Gasteiger partial charge in [0.1, 0.15) is 24.4 Å². The van der Waals surface area contributed by atoms with Crippen molar-refractivity contribution in [1.29, 1.82) is 0 Å². The number of rotatable bonds is 47. The molecule has 6 N–H and O–H groups in total. The second kappa shape index (κ2) is 44.0. The van der Waals surface area contributed by atoms with Crippen LogP contribution in [0.25, 0.3) is 0 Å². The molecule has 1 aliphatic heterocycles. The van der Waals surface area contributed by atoms with Crippen LogP contribution in [0.4, 0.5) is 0 Å². The molecular weight excluding hydrogens is 779 g/mol. The Morgan fingerprint density at radius 1 is 0.484 bits per heavy atom. The van der Waals surface area contributed by atoms with Crippen LogP contribution in [0, 0.1) is 0 Å². The molecule has 0 spiro atoms. The van der Waals surface area contributed by atoms with Gasteiger partial charge in [-0.15, -0.1) is 0 Å². The van der Waals surface area contributed by atoms with Crippen molar-refractivity contribution in [3.8, 4) is 0 Å². The van der Waals surface area contributed by atoms with Crippen LogP contribution >= 0.6 is 0 Å². The van der Waals surface area contributed by atoms with E-state index in [0.717, 1.165) is 38.5 Å². The monoisotopic (exact) mass is 884 g/mol. The predicted octanol–water partition coefficient (Wildman–Crippen LogP) is 12.7. The molecule has 0 bridgehead atoms. The zero-order valence-electron chi connectivity index (χ0n) is 40.9. The van der Waals surface area contributed by atoms with Crippen LogP contribution in [0.2, 0.25) is 0 Å². The lowest BCUT2D eigenvalue weighted by Gasteiger charge is -2.40. The maximum Gasteiger partial charge on any atom is 0.220 e. The molecule has 1 rings (SSSR count). The van der Waals surface area contributed by atoms with Crippen molar-refractivity contribution in [2.24, 2.45) is 0 Å². The van der Waals surface area contributed by atoms with Gasteiger partial charge in [-0.2, -0.15) is 0 Å². The van der Waals surface area contributed by atoms with Gasteiger partial charge in [-0.05, 0) is 12.8 Å². The summed E-state index contributed by atoms with van der Waals surface area (Å²) in [5.41, 5.74) is 0. The molecule has 0 radical (unpaired) electrons. The molecule has 7 unspecified atom stereocenters. The summed E-state index contributed by atoms with van der Waals surface area (Å²) in [6.45, 7) is 3.69. The van der Waals surface area contributed by atoms with Gasteiger partial charge in [-0.1, -0.05) is 258 Å². The SMILES string of the molecule is CCCCCCCCCCCCCCCCCCCCCCCCCCCCCCCCCCCCCCC(=O)NC(COC1OC(CO)C(O)C(O)C1O)C(O)CCCCC. The fourth-order valence-electron chi connectivity index (χ4n) is 9.11. The average Bonchev–Trinajstić information content (AvgIpc) is 3.27. The maximum atomic E-state index is 12.8. The van der Waals surface area contributed by atoms with Crippen molar-refractivity contribution in [3.63, 3.8) is 0 Å². The molecule has 9 heteroatoms. The quantitative estimate of drug-likeness (QED) is 0.0331. The highest BCUT2D eigenvalue weighted by Crippen LogP contribution is 2.23. The summed E-state index contributed by atoms with van der Waals surface area (Å²) in [5, 5.41) is 53.6. The minimum absolute atomic E-state index is 0.137. The van der Waals surface area contributed by atoms with E-state index in [2.05, 4.69) is 19.2 Å². The minimum Gasteiger partial charge on any atom is -0.394 e. The van der Waals surface area contributed by atoms with E-state index < -0.39 is 49.5 Å². The largest absolute Gasteiger partial charge is 0.394 e. The average molecular weight is 884 g/mol. The minimum atomic E-state index is -1.55. The van der Waals surface area contributed by atoms with Crippen LogP contribution in [0.1, 0.15) is 277 Å². The van der Waals surface area contributed by atoms with Crippen molar-refractivity contribution < 1.29 is 39.8 Å². The van der Waals surface area contributed by atoms with Crippen LogP contribution in [-0.4, -0.2) is 87.5 Å². The summed E-state index contributed by atoms with van der Waals surface area (Å²) in [5.74, 6) is -0.150. The summed E-state index contributed by atoms with van der Waals surface area (Å²) in [6.07, 6.45) is 45.6. The second-order valence-corrected chi connectivity index (χ2v) is 19.4. The summed E-state index contributed by atoms with van der Waals surface area (Å²) in [6, 6.07) is -0.709. The first kappa shape index (κ1) is 59.2. The number of unbranched alkanes of at least 4 members (excludes halogenated alkanes) is 37. The molecule has 0 aromatic heterocycles. The van der Waals surface area contributed by atoms with Crippen molar-refractivity contribution in [2.75, 3.05) is 13.2 Å². The first-order chi connectivity index (χ1) is 30.3. The van der Waals surface area contributed by atoms with E-state index in [-0.39, 0.29) is 12.5 Å². The number of aliphatic hydroxyl groups is 5. The van der Waals surface area contributed by atoms with Gasteiger partial charge in [0.15, 0.2) is 6.29 Å². The van der Waals surface area contributed by atoms with Gasteiger partial charge in [0.05, 0.1) is 25.4 Å². The number of carbonyl (C=O) groups is 1. The Labute approximate surface area is 383 Å². The van der Waals surface area contributed by atoms with E-state index in [1.807, 2.05) is 0 Å². The van der Waals surface area contributed by atoms with E-state index >= 15 is 0 Å². The number of amides is 1. The molecule has 0 aromatic carbocycles. The van der Waals surface area contributed by atoms with Gasteiger partial charge in [-0.3, -0.25) is 4.79 Å². The molecule has 1 aliphatic rings. The third-order valence-corrected chi connectivity index (χ3v) is 13.5. The van der Waals surface area contributed by atoms with Crippen molar-refractivity contribution in [3.05, 3.63) is 0 Å². The zero-order valence-corrected chi connectivity index (χ0v) is 40.9. The van der Waals surface area contributed by atoms with E-state index in [4.69, 9.17) is 9.47 Å². The Morgan fingerprint density at radius 2 is 0.806 bits per heavy atom. The Bertz CT molecular complexity index is 939. The third-order valence-electron chi connectivity index (χ3n) is 13.5. The number of hydrogen-bond acceptors (Lipinski definition) is 8. The molecule has 0 aromatic rings. The third kappa shape index (κ3) is 33.6. The smallest absolute Gasteiger partial charge is 0.220 e. The van der Waals surface area contributed by atoms with Gasteiger partial charge >= 0.3 is 0 Å². The topological polar surface area (TPSA) is 149 Å². The van der Waals surface area contributed by atoms with Crippen LogP contribution in [0.15, 0.2) is 0 Å². The van der Waals surface area contributed by atoms with Crippen LogP contribution in [0.3, 0.4) is 0 Å². The van der Waals surface area contributed by atoms with Crippen molar-refractivity contribution >= 4 is 5.91 Å². The highest BCUT2D eigenvalue weighted by molar-refractivity contribution is 5.76. The standard InChI is InChI=1S/C53H105NO8/c1-3-5-7-8-9-10-11-12-13-14-15-16-17-18-19-20-21-22-23-24-25-26-27-28-29-30-31-32-33-34-35-36-37-38-39-41-43-49(57)54-46(47(56)42-40-6-4-2)45-61-53-52(60)51(59)50(58)48(44-55)62-53/h46-48,50-53,55-56,58-60H,3-45H2,1-2H3,(H,54,57). The van der Waals surface area contributed by atoms with Gasteiger partial charge < -0.3 is 40.3 Å². The molecule has 7 atom stereocenters. The van der Waals surface area contributed by atoms with Crippen LogP contribution < -0.4 is 5.32 Å². The molecular formula is C53H105NO8. The molecule has 1 amide bonds. The lowest BCUT2D eigenvalue weighted by Crippen LogP contribution is -2.60. The predicted molar refractivity (Wildman–Crippen MR) is 258 cm³/mol. The van der Waals surface area contributed by atoms with Gasteiger partial charge in [0, 0.05) is 6.42 Å². The number of carbonyl (C=O) groups excluding carboxylic acids is 1. The van der Waals surface area contributed by atoms with Crippen LogP contribution in [-0.2, 0) is 14.3 Å². The highest BCUT2D eigenvalue weighted by atomic mass is 16.7. The lowest BCUT2D eigenvalue weighted by molar-refractivity contribution is -0.302. The summed E-state index contributed by atoms with van der Waals surface area (Å²) < 4.78 is 11.1. The first-order valence-electron chi connectivity index (χ1n) is 27.2. The van der Waals surface area contributed by atoms with E-state index in [9.17, 15) is 30.3 Å². The molecule has 0 saturated carbocycles. The lowest BCUT2D eigenvalue weighted by atomic mass is 9.99. The number of nitrogens with one attached hydrogen (secondary N) is 1. The second-order valence-electron chi connectivity index (χ2n) is 19.4. The van der Waals surface area contributed by atoms with Gasteiger partial charge in [0.25, 0.3) is 0 Å². The molecule has 370 valence electrons. The molecule has 9 nitrogen and oxygen atoms in total. The first-order valence-corrected chi connectivity index (χ1v) is 27.2. The number of ether oxygens (including phenoxy) is 2. The fourth-order valence-corrected chi connectivity index (χ4v) is 9.11. The fraction of sp³-hybridized carbons (Fsp3) is 0.981. The van der Waals surface area contributed by atoms with E-state index in [1.165, 1.54) is 212 Å².